The monoisotopic (exact) mass is 374 g/mol. The van der Waals surface area contributed by atoms with Gasteiger partial charge in [0, 0.05) is 17.8 Å². The molecular formula is C21H22N6O. The Bertz CT molecular complexity index is 990. The Morgan fingerprint density at radius 3 is 2.68 bits per heavy atom. The Kier molecular flexibility index (Phi) is 5.04. The fourth-order valence-corrected chi connectivity index (χ4v) is 3.76. The zero-order valence-corrected chi connectivity index (χ0v) is 16.0. The minimum atomic E-state index is 0.0144. The summed E-state index contributed by atoms with van der Waals surface area (Å²) in [6.45, 7) is 6.80. The second-order valence-electron chi connectivity index (χ2n) is 6.90. The number of benzene rings is 1. The third-order valence-corrected chi connectivity index (χ3v) is 5.13. The molecule has 142 valence electrons. The van der Waals surface area contributed by atoms with E-state index in [2.05, 4.69) is 38.8 Å². The van der Waals surface area contributed by atoms with Crippen LogP contribution in [0.1, 0.15) is 34.3 Å². The summed E-state index contributed by atoms with van der Waals surface area (Å²) >= 11 is 0. The van der Waals surface area contributed by atoms with E-state index in [1.54, 1.807) is 6.07 Å². The van der Waals surface area contributed by atoms with Crippen LogP contribution in [-0.2, 0) is 11.3 Å². The number of aryl methyl sites for hydroxylation is 1. The summed E-state index contributed by atoms with van der Waals surface area (Å²) in [5, 5.41) is 22.0. The predicted octanol–water partition coefficient (Wildman–Crippen LogP) is 2.79. The summed E-state index contributed by atoms with van der Waals surface area (Å²) in [7, 11) is 0. The van der Waals surface area contributed by atoms with E-state index in [4.69, 9.17) is 15.1 Å². The zero-order chi connectivity index (χ0) is 19.5. The lowest BCUT2D eigenvalue weighted by atomic mass is 10.0. The molecule has 28 heavy (non-hydrogen) atoms. The average Bonchev–Trinajstić information content (AvgIpc) is 3.01. The average molecular weight is 374 g/mol. The van der Waals surface area contributed by atoms with Gasteiger partial charge in [0.15, 0.2) is 11.5 Å². The second kappa shape index (κ2) is 7.79. The molecule has 0 aliphatic carbocycles. The van der Waals surface area contributed by atoms with Crippen molar-refractivity contribution in [1.29, 1.82) is 5.26 Å². The highest BCUT2D eigenvalue weighted by atomic mass is 16.5. The van der Waals surface area contributed by atoms with Crippen LogP contribution in [0.25, 0.3) is 0 Å². The first kappa shape index (κ1) is 18.1. The van der Waals surface area contributed by atoms with E-state index in [1.165, 1.54) is 11.1 Å². The molecule has 2 aromatic heterocycles. The third-order valence-electron chi connectivity index (χ3n) is 5.13. The lowest BCUT2D eigenvalue weighted by molar-refractivity contribution is 0.0932. The number of anilines is 1. The molecule has 0 spiro atoms. The summed E-state index contributed by atoms with van der Waals surface area (Å²) < 4.78 is 7.84. The van der Waals surface area contributed by atoms with Crippen LogP contribution in [0.2, 0.25) is 0 Å². The van der Waals surface area contributed by atoms with Crippen molar-refractivity contribution in [2.75, 3.05) is 24.7 Å². The van der Waals surface area contributed by atoms with Crippen LogP contribution in [0.3, 0.4) is 0 Å². The summed E-state index contributed by atoms with van der Waals surface area (Å²) in [4.78, 5) is 2.20. The van der Waals surface area contributed by atoms with Crippen LogP contribution >= 0.6 is 0 Å². The van der Waals surface area contributed by atoms with Gasteiger partial charge in [-0.25, -0.2) is 0 Å². The molecule has 1 saturated heterocycles. The smallest absolute Gasteiger partial charge is 0.163 e. The summed E-state index contributed by atoms with van der Waals surface area (Å²) in [5.74, 6) is 0.752. The maximum Gasteiger partial charge on any atom is 0.163 e. The SMILES string of the molecule is Cc1nn(Cc2ccccc2)c(C)c1[C@@H]1COCCN1c1ccc(C#N)nn1. The van der Waals surface area contributed by atoms with Crippen molar-refractivity contribution in [2.24, 2.45) is 0 Å². The highest BCUT2D eigenvalue weighted by Gasteiger charge is 2.30. The van der Waals surface area contributed by atoms with Gasteiger partial charge in [-0.15, -0.1) is 10.2 Å². The van der Waals surface area contributed by atoms with Crippen LogP contribution in [0, 0.1) is 25.2 Å². The van der Waals surface area contributed by atoms with Gasteiger partial charge >= 0.3 is 0 Å². The Hall–Kier alpha value is -3.24. The minimum absolute atomic E-state index is 0.0144. The number of aromatic nitrogens is 4. The van der Waals surface area contributed by atoms with E-state index in [0.717, 1.165) is 23.8 Å². The van der Waals surface area contributed by atoms with Crippen molar-refractivity contribution in [1.82, 2.24) is 20.0 Å². The predicted molar refractivity (Wildman–Crippen MR) is 105 cm³/mol. The number of morpholine rings is 1. The van der Waals surface area contributed by atoms with Crippen molar-refractivity contribution in [2.45, 2.75) is 26.4 Å². The molecule has 0 amide bonds. The van der Waals surface area contributed by atoms with E-state index in [1.807, 2.05) is 37.3 Å². The van der Waals surface area contributed by atoms with Gasteiger partial charge in [0.05, 0.1) is 31.5 Å². The second-order valence-corrected chi connectivity index (χ2v) is 6.90. The van der Waals surface area contributed by atoms with Gasteiger partial charge in [-0.05, 0) is 31.5 Å². The Morgan fingerprint density at radius 2 is 1.96 bits per heavy atom. The Labute approximate surface area is 164 Å². The normalized spacial score (nSPS) is 16.8. The van der Waals surface area contributed by atoms with E-state index in [0.29, 0.717) is 25.5 Å². The number of ether oxygens (including phenoxy) is 1. The molecule has 7 nitrogen and oxygen atoms in total. The maximum atomic E-state index is 8.97. The zero-order valence-electron chi connectivity index (χ0n) is 16.0. The highest BCUT2D eigenvalue weighted by molar-refractivity contribution is 5.45. The number of hydrogen-bond acceptors (Lipinski definition) is 6. The molecule has 0 N–H and O–H groups in total. The molecule has 1 aromatic carbocycles. The van der Waals surface area contributed by atoms with E-state index < -0.39 is 0 Å². The quantitative estimate of drug-likeness (QED) is 0.699. The van der Waals surface area contributed by atoms with Gasteiger partial charge in [-0.3, -0.25) is 4.68 Å². The standard InChI is InChI=1S/C21H22N6O/c1-15-21(16(2)27(25-15)13-17-6-4-3-5-7-17)19-14-28-11-10-26(19)20-9-8-18(12-22)23-24-20/h3-9,19H,10-11,13-14H2,1-2H3/t19-/m0/s1. The molecule has 3 aromatic rings. The summed E-state index contributed by atoms with van der Waals surface area (Å²) in [5.41, 5.74) is 4.83. The fraction of sp³-hybridized carbons (Fsp3) is 0.333. The maximum absolute atomic E-state index is 8.97. The molecular weight excluding hydrogens is 352 g/mol. The van der Waals surface area contributed by atoms with E-state index in [-0.39, 0.29) is 6.04 Å². The molecule has 1 fully saturated rings. The first-order chi connectivity index (χ1) is 13.7. The van der Waals surface area contributed by atoms with Gasteiger partial charge in [0.1, 0.15) is 6.07 Å². The topological polar surface area (TPSA) is 79.9 Å². The van der Waals surface area contributed by atoms with Gasteiger partial charge in [0.25, 0.3) is 0 Å². The van der Waals surface area contributed by atoms with Gasteiger partial charge in [-0.1, -0.05) is 30.3 Å². The van der Waals surface area contributed by atoms with Crippen LogP contribution < -0.4 is 4.90 Å². The van der Waals surface area contributed by atoms with Crippen LogP contribution in [-0.4, -0.2) is 39.7 Å². The lowest BCUT2D eigenvalue weighted by Gasteiger charge is -2.36. The summed E-state index contributed by atoms with van der Waals surface area (Å²) in [6, 6.07) is 15.9. The largest absolute Gasteiger partial charge is 0.377 e. The van der Waals surface area contributed by atoms with Crippen LogP contribution in [0.15, 0.2) is 42.5 Å². The van der Waals surface area contributed by atoms with Crippen molar-refractivity contribution in [3.8, 4) is 6.07 Å². The third kappa shape index (κ3) is 3.47. The number of nitriles is 1. The molecule has 1 atom stereocenters. The van der Waals surface area contributed by atoms with Gasteiger partial charge in [-0.2, -0.15) is 10.4 Å². The number of rotatable bonds is 4. The molecule has 0 radical (unpaired) electrons. The molecule has 4 rings (SSSR count). The van der Waals surface area contributed by atoms with Crippen LogP contribution in [0.4, 0.5) is 5.82 Å². The fourth-order valence-electron chi connectivity index (χ4n) is 3.76. The molecule has 0 saturated carbocycles. The Morgan fingerprint density at radius 1 is 1.14 bits per heavy atom. The van der Waals surface area contributed by atoms with Crippen molar-refractivity contribution in [3.05, 3.63) is 70.7 Å². The molecule has 1 aliphatic heterocycles. The molecule has 0 bridgehead atoms. The number of nitrogens with zero attached hydrogens (tertiary/aromatic N) is 6. The van der Waals surface area contributed by atoms with Crippen molar-refractivity contribution in [3.63, 3.8) is 0 Å². The number of hydrogen-bond donors (Lipinski definition) is 0. The highest BCUT2D eigenvalue weighted by Crippen LogP contribution is 2.32. The molecule has 7 heteroatoms. The first-order valence-electron chi connectivity index (χ1n) is 9.33. The molecule has 1 aliphatic rings. The Balaban J connectivity index is 1.66. The van der Waals surface area contributed by atoms with Gasteiger partial charge in [0.2, 0.25) is 0 Å². The van der Waals surface area contributed by atoms with Crippen molar-refractivity contribution < 1.29 is 4.74 Å². The van der Waals surface area contributed by atoms with Crippen LogP contribution in [0.5, 0.6) is 0 Å². The van der Waals surface area contributed by atoms with Gasteiger partial charge < -0.3 is 9.64 Å². The van der Waals surface area contributed by atoms with Crippen molar-refractivity contribution >= 4 is 5.82 Å². The minimum Gasteiger partial charge on any atom is -0.377 e. The first-order valence-corrected chi connectivity index (χ1v) is 9.33. The van der Waals surface area contributed by atoms with E-state index >= 15 is 0 Å². The van der Waals surface area contributed by atoms with E-state index in [9.17, 15) is 0 Å². The summed E-state index contributed by atoms with van der Waals surface area (Å²) in [6.07, 6.45) is 0. The lowest BCUT2D eigenvalue weighted by Crippen LogP contribution is -2.40. The molecule has 0 unspecified atom stereocenters. The molecule has 3 heterocycles.